The standard InChI is InChI=1S/C36H57N5O3.2C2HF3O2/c1-2-3-4-5-6-7-8-9-16-23-34(42)41(26-17-24-39-35(43)32(37)28-30-19-12-10-13-20-30)27-18-25-40-36(44)33(38)29-31-21-14-11-15-22-31;2*3-2(4,5)1(6)7/h10-15,19-22,32-33H,2-9,16-18,23-29,37-38H2,1H3,(H,39,43)(H,40,44);2*(H,6,7)/t32-,33-;;/m0../s1. The second-order valence-electron chi connectivity index (χ2n) is 13.6. The van der Waals surface area contributed by atoms with Crippen molar-refractivity contribution in [3.63, 3.8) is 0 Å². The summed E-state index contributed by atoms with van der Waals surface area (Å²) in [6.45, 7) is 4.40. The third-order valence-electron chi connectivity index (χ3n) is 8.51. The molecule has 0 radical (unpaired) electrons. The summed E-state index contributed by atoms with van der Waals surface area (Å²) in [5, 5.41) is 23.6. The number of unbranched alkanes of at least 4 members (excludes halogenated alkanes) is 8. The number of nitrogens with zero attached hydrogens (tertiary/aromatic N) is 1. The van der Waals surface area contributed by atoms with Crippen LogP contribution in [0.3, 0.4) is 0 Å². The van der Waals surface area contributed by atoms with E-state index in [-0.39, 0.29) is 29.8 Å². The number of aliphatic carboxylic acids is 2. The third kappa shape index (κ3) is 27.8. The van der Waals surface area contributed by atoms with E-state index in [2.05, 4.69) is 29.0 Å². The number of carboxylic acids is 2. The molecule has 0 unspecified atom stereocenters. The van der Waals surface area contributed by atoms with Gasteiger partial charge >= 0.3 is 12.4 Å². The SMILES string of the molecule is CCCCCCCCCCCC(=O)N(CCCNC(=O)[C@@H]([NH3+])Cc1ccccc1)CCCNC(=O)[C@@H]([NH3+])Cc1ccccc1.O=C([O-])C(F)(F)F.O=C([O-])C(F)(F)F. The molecule has 0 saturated carbocycles. The van der Waals surface area contributed by atoms with E-state index >= 15 is 0 Å². The van der Waals surface area contributed by atoms with Gasteiger partial charge in [0.05, 0.1) is 0 Å². The molecule has 0 aliphatic rings. The molecule has 0 bridgehead atoms. The molecule has 0 heterocycles. The fourth-order valence-corrected chi connectivity index (χ4v) is 5.34. The first-order valence-electron chi connectivity index (χ1n) is 19.4. The van der Waals surface area contributed by atoms with Gasteiger partial charge in [-0.25, -0.2) is 0 Å². The lowest BCUT2D eigenvalue weighted by Crippen LogP contribution is -2.68. The number of alkyl halides is 6. The van der Waals surface area contributed by atoms with E-state index in [1.54, 1.807) is 0 Å². The Labute approximate surface area is 336 Å². The van der Waals surface area contributed by atoms with Crippen molar-refractivity contribution in [2.24, 2.45) is 0 Å². The van der Waals surface area contributed by atoms with Crippen LogP contribution in [-0.4, -0.2) is 85.2 Å². The second-order valence-corrected chi connectivity index (χ2v) is 13.6. The predicted molar refractivity (Wildman–Crippen MR) is 199 cm³/mol. The zero-order valence-corrected chi connectivity index (χ0v) is 33.1. The minimum Gasteiger partial charge on any atom is -0.542 e. The van der Waals surface area contributed by atoms with Crippen molar-refractivity contribution in [2.75, 3.05) is 26.2 Å². The first kappa shape index (κ1) is 53.3. The van der Waals surface area contributed by atoms with Gasteiger partial charge in [0.25, 0.3) is 11.8 Å². The molecule has 2 rings (SSSR count). The Morgan fingerprint density at radius 1 is 0.586 bits per heavy atom. The summed E-state index contributed by atoms with van der Waals surface area (Å²) in [6, 6.07) is 19.1. The number of amides is 3. The van der Waals surface area contributed by atoms with Gasteiger partial charge in [0.15, 0.2) is 12.1 Å². The van der Waals surface area contributed by atoms with Crippen molar-refractivity contribution in [3.05, 3.63) is 71.8 Å². The van der Waals surface area contributed by atoms with Crippen LogP contribution in [0, 0.1) is 0 Å². The van der Waals surface area contributed by atoms with Crippen molar-refractivity contribution in [1.29, 1.82) is 0 Å². The molecule has 0 aliphatic carbocycles. The van der Waals surface area contributed by atoms with Crippen LogP contribution in [0.15, 0.2) is 60.7 Å². The van der Waals surface area contributed by atoms with Gasteiger partial charge in [-0.3, -0.25) is 14.4 Å². The van der Waals surface area contributed by atoms with E-state index in [0.29, 0.717) is 58.3 Å². The van der Waals surface area contributed by atoms with Gasteiger partial charge in [-0.1, -0.05) is 119 Å². The average Bonchev–Trinajstić information content (AvgIpc) is 3.16. The zero-order valence-electron chi connectivity index (χ0n) is 33.1. The first-order chi connectivity index (χ1) is 27.3. The number of hydrogen-bond donors (Lipinski definition) is 4. The fourth-order valence-electron chi connectivity index (χ4n) is 5.34. The molecule has 3 amide bonds. The largest absolute Gasteiger partial charge is 0.542 e. The Balaban J connectivity index is 0.00000197. The molecule has 0 saturated heterocycles. The van der Waals surface area contributed by atoms with Gasteiger partial charge in [0.1, 0.15) is 11.9 Å². The minimum absolute atomic E-state index is 0.0673. The fraction of sp³-hybridized carbons (Fsp3) is 0.575. The highest BCUT2D eigenvalue weighted by atomic mass is 19.4. The second kappa shape index (κ2) is 30.4. The molecule has 0 aromatic heterocycles. The van der Waals surface area contributed by atoms with Gasteiger partial charge in [0, 0.05) is 45.4 Å². The molecule has 8 N–H and O–H groups in total. The van der Waals surface area contributed by atoms with Crippen LogP contribution in [0.25, 0.3) is 0 Å². The summed E-state index contributed by atoms with van der Waals surface area (Å²) in [7, 11) is 0. The van der Waals surface area contributed by atoms with E-state index in [1.807, 2.05) is 65.6 Å². The topological polar surface area (TPSA) is 214 Å². The molecule has 58 heavy (non-hydrogen) atoms. The van der Waals surface area contributed by atoms with E-state index in [4.69, 9.17) is 19.8 Å². The van der Waals surface area contributed by atoms with Crippen molar-refractivity contribution in [3.8, 4) is 0 Å². The molecule has 2 aromatic rings. The van der Waals surface area contributed by atoms with Gasteiger partial charge in [-0.05, 0) is 30.4 Å². The number of carbonyl (C=O) groups excluding carboxylic acids is 5. The molecule has 0 aliphatic heterocycles. The average molecular weight is 836 g/mol. The molecule has 2 aromatic carbocycles. The maximum atomic E-state index is 13.2. The predicted octanol–water partition coefficient (Wildman–Crippen LogP) is 2.05. The molecular formula is C40H59F6N5O7. The first-order valence-corrected chi connectivity index (χ1v) is 19.4. The van der Waals surface area contributed by atoms with Gasteiger partial charge in [0.2, 0.25) is 5.91 Å². The number of carboxylic acid groups (broad SMARTS) is 2. The molecule has 328 valence electrons. The van der Waals surface area contributed by atoms with Crippen molar-refractivity contribution in [2.45, 2.75) is 121 Å². The number of rotatable bonds is 24. The lowest BCUT2D eigenvalue weighted by molar-refractivity contribution is -0.403. The van der Waals surface area contributed by atoms with Gasteiger partial charge < -0.3 is 46.8 Å². The Morgan fingerprint density at radius 2 is 0.914 bits per heavy atom. The normalized spacial score (nSPS) is 12.1. The Hall–Kier alpha value is -4.71. The number of hydrogen-bond acceptors (Lipinski definition) is 7. The van der Waals surface area contributed by atoms with Gasteiger partial charge in [-0.2, -0.15) is 26.3 Å². The molecule has 2 atom stereocenters. The Kier molecular flexibility index (Phi) is 27.9. The summed E-state index contributed by atoms with van der Waals surface area (Å²) in [4.78, 5) is 57.8. The summed E-state index contributed by atoms with van der Waals surface area (Å²) < 4.78 is 63.1. The highest BCUT2D eigenvalue weighted by molar-refractivity contribution is 5.81. The number of carbonyl (C=O) groups is 5. The third-order valence-corrected chi connectivity index (χ3v) is 8.51. The van der Waals surface area contributed by atoms with Crippen LogP contribution in [0.4, 0.5) is 26.3 Å². The van der Waals surface area contributed by atoms with E-state index in [9.17, 15) is 40.7 Å². The molecule has 12 nitrogen and oxygen atoms in total. The monoisotopic (exact) mass is 835 g/mol. The maximum absolute atomic E-state index is 13.2. The van der Waals surface area contributed by atoms with Crippen LogP contribution in [0.1, 0.15) is 95.1 Å². The van der Waals surface area contributed by atoms with Crippen LogP contribution < -0.4 is 32.3 Å². The lowest BCUT2D eigenvalue weighted by atomic mass is 10.1. The van der Waals surface area contributed by atoms with Crippen molar-refractivity contribution in [1.82, 2.24) is 15.5 Å². The van der Waals surface area contributed by atoms with Crippen LogP contribution in [0.2, 0.25) is 0 Å². The van der Waals surface area contributed by atoms with E-state index in [0.717, 1.165) is 24.0 Å². The molecular weight excluding hydrogens is 776 g/mol. The Bertz CT molecular complexity index is 1360. The van der Waals surface area contributed by atoms with E-state index in [1.165, 1.54) is 44.9 Å². The van der Waals surface area contributed by atoms with E-state index < -0.39 is 24.3 Å². The highest BCUT2D eigenvalue weighted by Gasteiger charge is 2.29. The number of quaternary nitrogens is 2. The van der Waals surface area contributed by atoms with Gasteiger partial charge in [-0.15, -0.1) is 0 Å². The Morgan fingerprint density at radius 3 is 1.24 bits per heavy atom. The number of halogens is 6. The molecule has 18 heteroatoms. The quantitative estimate of drug-likeness (QED) is 0.0912. The van der Waals surface area contributed by atoms with Crippen LogP contribution in [0.5, 0.6) is 0 Å². The lowest BCUT2D eigenvalue weighted by Gasteiger charge is -2.23. The summed E-state index contributed by atoms with van der Waals surface area (Å²) in [5.41, 5.74) is 10.2. The van der Waals surface area contributed by atoms with Crippen LogP contribution in [-0.2, 0) is 36.8 Å². The molecule has 0 spiro atoms. The summed E-state index contributed by atoms with van der Waals surface area (Å²) in [6.07, 6.45) is 3.65. The van der Waals surface area contributed by atoms with Crippen molar-refractivity contribution < 1.29 is 72.0 Å². The zero-order chi connectivity index (χ0) is 44.0. The highest BCUT2D eigenvalue weighted by Crippen LogP contribution is 2.13. The minimum atomic E-state index is -5.19. The molecule has 0 fully saturated rings. The number of benzene rings is 2. The smallest absolute Gasteiger partial charge is 0.430 e. The van der Waals surface area contributed by atoms with Crippen LogP contribution >= 0.6 is 0 Å². The summed E-state index contributed by atoms with van der Waals surface area (Å²) >= 11 is 0. The van der Waals surface area contributed by atoms with Crippen molar-refractivity contribution >= 4 is 29.7 Å². The number of nitrogens with one attached hydrogen (secondary N) is 2. The maximum Gasteiger partial charge on any atom is 0.430 e. The summed E-state index contributed by atoms with van der Waals surface area (Å²) in [5.74, 6) is -5.99.